The number of benzene rings is 5. The number of β-lactam (4-membered cyclic amide) rings is 1. The van der Waals surface area contributed by atoms with Crippen LogP contribution in [0.3, 0.4) is 0 Å². The van der Waals surface area contributed by atoms with Crippen molar-refractivity contribution in [3.8, 4) is 0 Å². The number of nitrogens with one attached hydrogen (secondary N) is 2. The Morgan fingerprint density at radius 1 is 0.803 bits per heavy atom. The van der Waals surface area contributed by atoms with Crippen LogP contribution >= 0.6 is 23.1 Å². The van der Waals surface area contributed by atoms with Crippen molar-refractivity contribution in [2.75, 3.05) is 24.2 Å². The van der Waals surface area contributed by atoms with Gasteiger partial charge >= 0.3 is 17.9 Å². The molecule has 1 aromatic heterocycles. The number of thiazole rings is 1. The molecule has 0 aliphatic carbocycles. The second-order valence-corrected chi connectivity index (χ2v) is 17.6. The Hall–Kier alpha value is -7.36. The molecule has 0 radical (unpaired) electrons. The van der Waals surface area contributed by atoms with Crippen molar-refractivity contribution in [3.05, 3.63) is 203 Å². The molecule has 66 heavy (non-hydrogen) atoms. The Morgan fingerprint density at radius 3 is 1.85 bits per heavy atom. The number of nitrogens with zero attached hydrogens (tertiary/aromatic N) is 3. The standard InChI is InChI=1S/C51H45N5O8S2/c1-34(57)62-30-18-29-50(48(61)63-44(36-19-8-3-9-20-36)37-21-10-4-11-22-37)32-56-46(60)43(47(56)66-33-50)53-45(59)42(55-64-35(2)58)41-31-65-49(52-41)54-51(38-23-12-5-13-24-38,39-25-14-6-15-26-39)40-27-16-7-17-28-40/h3-29,31,43-44,47H,30,32-33H2,1-2H3,(H,52,54)(H,53,59)/t43?,47-,50?/m1/s1. The zero-order valence-corrected chi connectivity index (χ0v) is 37.6. The van der Waals surface area contributed by atoms with Crippen LogP contribution in [0.4, 0.5) is 5.13 Å². The lowest BCUT2D eigenvalue weighted by Crippen LogP contribution is -2.74. The number of hydrogen-bond donors (Lipinski definition) is 2. The first kappa shape index (κ1) is 45.2. The molecule has 2 unspecified atom stereocenters. The van der Waals surface area contributed by atoms with E-state index in [1.165, 1.54) is 34.9 Å². The Balaban J connectivity index is 1.04. The summed E-state index contributed by atoms with van der Waals surface area (Å²) >= 11 is 2.53. The molecule has 15 heteroatoms. The highest BCUT2D eigenvalue weighted by Gasteiger charge is 2.57. The van der Waals surface area contributed by atoms with Crippen molar-refractivity contribution in [1.82, 2.24) is 15.2 Å². The summed E-state index contributed by atoms with van der Waals surface area (Å²) in [6.45, 7) is 2.29. The maximum absolute atomic E-state index is 14.5. The largest absolute Gasteiger partial charge is 0.462 e. The fourth-order valence-electron chi connectivity index (χ4n) is 8.04. The molecule has 0 bridgehead atoms. The molecule has 2 aliphatic heterocycles. The lowest BCUT2D eigenvalue weighted by Gasteiger charge is -2.53. The molecule has 3 heterocycles. The lowest BCUT2D eigenvalue weighted by atomic mass is 9.77. The molecule has 334 valence electrons. The second kappa shape index (κ2) is 20.2. The smallest absolute Gasteiger partial charge is 0.332 e. The van der Waals surface area contributed by atoms with Gasteiger partial charge in [0, 0.05) is 31.5 Å². The van der Waals surface area contributed by atoms with Gasteiger partial charge in [-0.05, 0) is 27.8 Å². The molecule has 8 rings (SSSR count). The monoisotopic (exact) mass is 919 g/mol. The van der Waals surface area contributed by atoms with E-state index in [4.69, 9.17) is 19.3 Å². The van der Waals surface area contributed by atoms with Gasteiger partial charge in [-0.3, -0.25) is 19.2 Å². The summed E-state index contributed by atoms with van der Waals surface area (Å²) in [5.41, 5.74) is 1.87. The Kier molecular flexibility index (Phi) is 13.9. The first-order valence-corrected chi connectivity index (χ1v) is 23.0. The van der Waals surface area contributed by atoms with Gasteiger partial charge in [0.25, 0.3) is 5.91 Å². The minimum atomic E-state index is -1.34. The molecule has 5 aromatic carbocycles. The van der Waals surface area contributed by atoms with Gasteiger partial charge in [-0.1, -0.05) is 169 Å². The quantitative estimate of drug-likeness (QED) is 0.0186. The molecule has 2 amide bonds. The van der Waals surface area contributed by atoms with Crippen molar-refractivity contribution >= 4 is 63.7 Å². The van der Waals surface area contributed by atoms with E-state index in [1.807, 2.05) is 152 Å². The summed E-state index contributed by atoms with van der Waals surface area (Å²) in [7, 11) is 0. The van der Waals surface area contributed by atoms with Gasteiger partial charge in [-0.25, -0.2) is 9.78 Å². The topological polar surface area (TPSA) is 166 Å². The number of carbonyl (C=O) groups excluding carboxylic acids is 5. The zero-order chi connectivity index (χ0) is 46.1. The Bertz CT molecular complexity index is 2600. The minimum absolute atomic E-state index is 0.0664. The number of esters is 2. The first-order chi connectivity index (χ1) is 32.1. The van der Waals surface area contributed by atoms with Crippen LogP contribution in [0.1, 0.15) is 53.5 Å². The highest BCUT2D eigenvalue weighted by molar-refractivity contribution is 8.00. The van der Waals surface area contributed by atoms with Crippen LogP contribution in [0.25, 0.3) is 0 Å². The van der Waals surface area contributed by atoms with E-state index >= 15 is 0 Å². The van der Waals surface area contributed by atoms with E-state index in [0.717, 1.165) is 34.7 Å². The minimum Gasteiger partial charge on any atom is -0.462 e. The molecule has 6 aromatic rings. The predicted molar refractivity (Wildman–Crippen MR) is 252 cm³/mol. The van der Waals surface area contributed by atoms with Crippen LogP contribution in [0.5, 0.6) is 0 Å². The zero-order valence-electron chi connectivity index (χ0n) is 35.9. The summed E-state index contributed by atoms with van der Waals surface area (Å²) in [6, 6.07) is 47.5. The lowest BCUT2D eigenvalue weighted by molar-refractivity contribution is -0.162. The Morgan fingerprint density at radius 2 is 1.33 bits per heavy atom. The number of amides is 2. The van der Waals surface area contributed by atoms with Crippen LogP contribution in [0.15, 0.2) is 174 Å². The molecular weight excluding hydrogens is 875 g/mol. The number of aromatic nitrogens is 1. The number of thioether (sulfide) groups is 1. The molecule has 0 saturated carbocycles. The first-order valence-electron chi connectivity index (χ1n) is 21.1. The number of fused-ring (bicyclic) bond motifs is 1. The summed E-state index contributed by atoms with van der Waals surface area (Å²) in [5, 5.41) is 11.9. The van der Waals surface area contributed by atoms with Gasteiger partial charge < -0.3 is 29.8 Å². The van der Waals surface area contributed by atoms with E-state index in [2.05, 4.69) is 15.8 Å². The summed E-state index contributed by atoms with van der Waals surface area (Å²) in [4.78, 5) is 77.7. The van der Waals surface area contributed by atoms with E-state index in [1.54, 1.807) is 17.5 Å². The molecule has 2 saturated heterocycles. The van der Waals surface area contributed by atoms with Crippen LogP contribution in [-0.4, -0.2) is 75.6 Å². The van der Waals surface area contributed by atoms with Crippen molar-refractivity contribution in [2.45, 2.75) is 36.9 Å². The fraction of sp³-hybridized carbons (Fsp3) is 0.196. The normalized spacial score (nSPS) is 18.2. The van der Waals surface area contributed by atoms with Crippen LogP contribution < -0.4 is 10.6 Å². The SMILES string of the molecule is CC(=O)OCC=CC1(C(=O)OC(c2ccccc2)c2ccccc2)CS[C@@H]2C(NC(=O)C(=NOC(C)=O)c3csc(NC(c4ccccc4)(c4ccccc4)c4ccccc4)n3)C(=O)N2C1. The molecular formula is C51H45N5O8S2. The number of ether oxygens (including phenoxy) is 2. The van der Waals surface area contributed by atoms with Crippen LogP contribution in [0, 0.1) is 5.41 Å². The molecule has 0 spiro atoms. The molecule has 3 atom stereocenters. The van der Waals surface area contributed by atoms with Gasteiger partial charge in [-0.2, -0.15) is 0 Å². The third-order valence-electron chi connectivity index (χ3n) is 11.2. The van der Waals surface area contributed by atoms with Gasteiger partial charge in [0.2, 0.25) is 5.91 Å². The number of hydrogen-bond acceptors (Lipinski definition) is 13. The van der Waals surface area contributed by atoms with Crippen LogP contribution in [0.2, 0.25) is 0 Å². The third kappa shape index (κ3) is 9.67. The fourth-order valence-corrected chi connectivity index (χ4v) is 10.3. The molecule has 2 N–H and O–H groups in total. The highest BCUT2D eigenvalue weighted by Crippen LogP contribution is 2.45. The van der Waals surface area contributed by atoms with E-state index in [0.29, 0.717) is 5.13 Å². The number of carbonyl (C=O) groups is 5. The Labute approximate surface area is 389 Å². The highest BCUT2D eigenvalue weighted by atomic mass is 32.2. The van der Waals surface area contributed by atoms with Crippen molar-refractivity contribution in [1.29, 1.82) is 0 Å². The maximum Gasteiger partial charge on any atom is 0.332 e. The van der Waals surface area contributed by atoms with Gasteiger partial charge in [0.1, 0.15) is 34.7 Å². The van der Waals surface area contributed by atoms with Gasteiger partial charge in [-0.15, -0.1) is 23.1 Å². The number of anilines is 1. The van der Waals surface area contributed by atoms with E-state index in [9.17, 15) is 24.0 Å². The van der Waals surface area contributed by atoms with Crippen molar-refractivity contribution in [3.63, 3.8) is 0 Å². The van der Waals surface area contributed by atoms with Crippen LogP contribution in [-0.2, 0) is 43.8 Å². The molecule has 2 fully saturated rings. The van der Waals surface area contributed by atoms with E-state index < -0.39 is 58.2 Å². The third-order valence-corrected chi connectivity index (χ3v) is 13.5. The van der Waals surface area contributed by atoms with Gasteiger partial charge in [0.15, 0.2) is 16.9 Å². The average Bonchev–Trinajstić information content (AvgIpc) is 3.82. The van der Waals surface area contributed by atoms with Crippen molar-refractivity contribution < 1.29 is 38.3 Å². The number of rotatable bonds is 16. The predicted octanol–water partition coefficient (Wildman–Crippen LogP) is 7.65. The van der Waals surface area contributed by atoms with E-state index in [-0.39, 0.29) is 30.3 Å². The molecule has 13 nitrogen and oxygen atoms in total. The second-order valence-electron chi connectivity index (χ2n) is 15.6. The summed E-state index contributed by atoms with van der Waals surface area (Å²) in [6.07, 6.45) is 2.46. The van der Waals surface area contributed by atoms with Crippen molar-refractivity contribution in [2.24, 2.45) is 10.6 Å². The average molecular weight is 920 g/mol. The molecule has 2 aliphatic rings. The maximum atomic E-state index is 14.5. The number of oxime groups is 1. The summed E-state index contributed by atoms with van der Waals surface area (Å²) in [5.74, 6) is -2.89. The van der Waals surface area contributed by atoms with Gasteiger partial charge in [0.05, 0.1) is 0 Å². The summed E-state index contributed by atoms with van der Waals surface area (Å²) < 4.78 is 11.5.